The summed E-state index contributed by atoms with van der Waals surface area (Å²) in [6.45, 7) is 1.78. The van der Waals surface area contributed by atoms with Crippen LogP contribution in [-0.4, -0.2) is 10.1 Å². The summed E-state index contributed by atoms with van der Waals surface area (Å²) < 4.78 is 0. The maximum atomic E-state index is 8.79. The van der Waals surface area contributed by atoms with E-state index in [9.17, 15) is 0 Å². The Hall–Kier alpha value is -0.350. The molecule has 0 amide bonds. The Kier molecular flexibility index (Phi) is 5.25. The van der Waals surface area contributed by atoms with Crippen LogP contribution in [-0.2, 0) is 19.7 Å². The van der Waals surface area contributed by atoms with E-state index in [1.165, 1.54) is 5.56 Å². The summed E-state index contributed by atoms with van der Waals surface area (Å²) in [6, 6.07) is 3.89. The average Bonchev–Trinajstić information content (AvgIpc) is 2.50. The van der Waals surface area contributed by atoms with E-state index in [4.69, 9.17) is 5.11 Å². The van der Waals surface area contributed by atoms with E-state index in [2.05, 4.69) is 10.3 Å². The first-order valence-corrected chi connectivity index (χ1v) is 3.69. The molecule has 0 radical (unpaired) electrons. The molecule has 5 heteroatoms. The minimum Gasteiger partial charge on any atom is -0.390 e. The van der Waals surface area contributed by atoms with E-state index >= 15 is 0 Å². The first-order chi connectivity index (χ1) is 5.40. The third-order valence-electron chi connectivity index (χ3n) is 1.90. The van der Waals surface area contributed by atoms with Crippen LogP contribution in [0.1, 0.15) is 17.0 Å². The van der Waals surface area contributed by atoms with Crippen molar-refractivity contribution in [1.82, 2.24) is 10.3 Å². The van der Waals surface area contributed by atoms with Gasteiger partial charge in [-0.3, -0.25) is 4.98 Å². The normalized spacial score (nSPS) is 12.7. The van der Waals surface area contributed by atoms with Gasteiger partial charge in [0.05, 0.1) is 18.0 Å². The van der Waals surface area contributed by atoms with Crippen LogP contribution in [0.15, 0.2) is 12.1 Å². The van der Waals surface area contributed by atoms with Crippen molar-refractivity contribution in [3.63, 3.8) is 0 Å². The molecule has 0 atom stereocenters. The number of halogens is 2. The van der Waals surface area contributed by atoms with Crippen LogP contribution in [0.2, 0.25) is 0 Å². The highest BCUT2D eigenvalue weighted by Crippen LogP contribution is 2.12. The molecule has 1 aromatic heterocycles. The predicted octanol–water partition coefficient (Wildman–Crippen LogP) is 1.02. The average molecular weight is 223 g/mol. The highest BCUT2D eigenvalue weighted by atomic mass is 35.5. The van der Waals surface area contributed by atoms with Gasteiger partial charge in [-0.15, -0.1) is 24.8 Å². The van der Waals surface area contributed by atoms with E-state index < -0.39 is 0 Å². The number of hydrogen-bond acceptors (Lipinski definition) is 3. The third-order valence-corrected chi connectivity index (χ3v) is 1.90. The maximum absolute atomic E-state index is 8.79. The quantitative estimate of drug-likeness (QED) is 0.747. The van der Waals surface area contributed by atoms with Gasteiger partial charge in [-0.1, -0.05) is 6.07 Å². The molecule has 0 fully saturated rings. The van der Waals surface area contributed by atoms with Crippen molar-refractivity contribution in [2.24, 2.45) is 0 Å². The number of rotatable bonds is 1. The number of nitrogens with zero attached hydrogens (tertiary/aromatic N) is 1. The van der Waals surface area contributed by atoms with E-state index in [0.717, 1.165) is 24.5 Å². The fourth-order valence-corrected chi connectivity index (χ4v) is 1.29. The Morgan fingerprint density at radius 1 is 1.31 bits per heavy atom. The van der Waals surface area contributed by atoms with Crippen molar-refractivity contribution >= 4 is 24.8 Å². The van der Waals surface area contributed by atoms with Gasteiger partial charge in [-0.25, -0.2) is 0 Å². The first kappa shape index (κ1) is 12.7. The van der Waals surface area contributed by atoms with Crippen molar-refractivity contribution in [3.05, 3.63) is 29.1 Å². The molecule has 1 aliphatic rings. The molecule has 2 heterocycles. The second-order valence-corrected chi connectivity index (χ2v) is 2.67. The van der Waals surface area contributed by atoms with Gasteiger partial charge < -0.3 is 10.4 Å². The highest BCUT2D eigenvalue weighted by Gasteiger charge is 2.10. The minimum absolute atomic E-state index is 0. The lowest BCUT2D eigenvalue weighted by molar-refractivity contribution is 0.276. The summed E-state index contributed by atoms with van der Waals surface area (Å²) in [6.07, 6.45) is 0. The van der Waals surface area contributed by atoms with E-state index in [0.29, 0.717) is 0 Å². The number of nitrogens with one attached hydrogen (secondary N) is 1. The topological polar surface area (TPSA) is 45.2 Å². The smallest absolute Gasteiger partial charge is 0.0853 e. The summed E-state index contributed by atoms with van der Waals surface area (Å²) in [5, 5.41) is 12.0. The van der Waals surface area contributed by atoms with E-state index in [1.54, 1.807) is 0 Å². The molecule has 0 aromatic carbocycles. The van der Waals surface area contributed by atoms with Gasteiger partial charge in [0.25, 0.3) is 0 Å². The van der Waals surface area contributed by atoms with Gasteiger partial charge >= 0.3 is 0 Å². The molecule has 0 saturated carbocycles. The number of hydrogen-bond donors (Lipinski definition) is 2. The molecule has 3 nitrogen and oxygen atoms in total. The molecule has 1 aromatic rings. The Morgan fingerprint density at radius 2 is 2.08 bits per heavy atom. The number of aliphatic hydroxyl groups is 1. The Balaban J connectivity index is 0.000000720. The van der Waals surface area contributed by atoms with Gasteiger partial charge in [0, 0.05) is 13.1 Å². The number of pyridine rings is 1. The predicted molar refractivity (Wildman–Crippen MR) is 55.2 cm³/mol. The van der Waals surface area contributed by atoms with Crippen LogP contribution in [0.3, 0.4) is 0 Å². The second-order valence-electron chi connectivity index (χ2n) is 2.67. The van der Waals surface area contributed by atoms with Crippen molar-refractivity contribution in [1.29, 1.82) is 0 Å². The number of aromatic nitrogens is 1. The number of fused-ring (bicyclic) bond motifs is 1. The molecule has 2 N–H and O–H groups in total. The summed E-state index contributed by atoms with van der Waals surface area (Å²) in [4.78, 5) is 4.26. The molecule has 0 saturated heterocycles. The monoisotopic (exact) mass is 222 g/mol. The van der Waals surface area contributed by atoms with Crippen LogP contribution in [0.4, 0.5) is 0 Å². The van der Waals surface area contributed by atoms with E-state index in [-0.39, 0.29) is 31.4 Å². The standard InChI is InChI=1S/C8H10N2O.2ClH/c11-5-7-2-1-6-3-9-4-8(6)10-7;;/h1-2,9,11H,3-5H2;2*1H. The SMILES string of the molecule is Cl.Cl.OCc1ccc2c(n1)CNC2. The van der Waals surface area contributed by atoms with Crippen molar-refractivity contribution in [3.8, 4) is 0 Å². The minimum atomic E-state index is 0. The third kappa shape index (κ3) is 2.54. The van der Waals surface area contributed by atoms with Crippen LogP contribution >= 0.6 is 24.8 Å². The first-order valence-electron chi connectivity index (χ1n) is 3.69. The van der Waals surface area contributed by atoms with Gasteiger partial charge in [-0.2, -0.15) is 0 Å². The molecular weight excluding hydrogens is 211 g/mol. The molecule has 1 aliphatic heterocycles. The lowest BCUT2D eigenvalue weighted by Crippen LogP contribution is -2.00. The summed E-state index contributed by atoms with van der Waals surface area (Å²) in [5.41, 5.74) is 3.09. The Morgan fingerprint density at radius 3 is 2.77 bits per heavy atom. The van der Waals surface area contributed by atoms with Crippen LogP contribution in [0, 0.1) is 0 Å². The molecule has 2 rings (SSSR count). The van der Waals surface area contributed by atoms with Gasteiger partial charge in [0.15, 0.2) is 0 Å². The number of aliphatic hydroxyl groups excluding tert-OH is 1. The highest BCUT2D eigenvalue weighted by molar-refractivity contribution is 5.85. The molecular formula is C8H12Cl2N2O. The fraction of sp³-hybridized carbons (Fsp3) is 0.375. The summed E-state index contributed by atoms with van der Waals surface area (Å²) in [5.74, 6) is 0. The zero-order valence-corrected chi connectivity index (χ0v) is 8.62. The lowest BCUT2D eigenvalue weighted by Gasteiger charge is -1.98. The maximum Gasteiger partial charge on any atom is 0.0853 e. The molecule has 0 bridgehead atoms. The molecule has 13 heavy (non-hydrogen) atoms. The summed E-state index contributed by atoms with van der Waals surface area (Å²) >= 11 is 0. The zero-order valence-electron chi connectivity index (χ0n) is 6.99. The van der Waals surface area contributed by atoms with Crippen molar-refractivity contribution < 1.29 is 5.11 Å². The zero-order chi connectivity index (χ0) is 7.68. The fourth-order valence-electron chi connectivity index (χ4n) is 1.29. The molecule has 0 aliphatic carbocycles. The van der Waals surface area contributed by atoms with Gasteiger partial charge in [-0.05, 0) is 11.6 Å². The summed E-state index contributed by atoms with van der Waals surface area (Å²) in [7, 11) is 0. The Bertz CT molecular complexity index is 281. The van der Waals surface area contributed by atoms with Crippen LogP contribution in [0.5, 0.6) is 0 Å². The van der Waals surface area contributed by atoms with Crippen molar-refractivity contribution in [2.75, 3.05) is 0 Å². The lowest BCUT2D eigenvalue weighted by atomic mass is 10.2. The molecule has 0 spiro atoms. The van der Waals surface area contributed by atoms with Crippen LogP contribution < -0.4 is 5.32 Å². The Labute approximate surface area is 89.4 Å². The van der Waals surface area contributed by atoms with Crippen molar-refractivity contribution in [2.45, 2.75) is 19.7 Å². The van der Waals surface area contributed by atoms with E-state index in [1.807, 2.05) is 12.1 Å². The van der Waals surface area contributed by atoms with Gasteiger partial charge in [0.2, 0.25) is 0 Å². The molecule has 74 valence electrons. The largest absolute Gasteiger partial charge is 0.390 e. The second kappa shape index (κ2) is 5.40. The van der Waals surface area contributed by atoms with Crippen LogP contribution in [0.25, 0.3) is 0 Å². The molecule has 0 unspecified atom stereocenters. The van der Waals surface area contributed by atoms with Gasteiger partial charge in [0.1, 0.15) is 0 Å².